The van der Waals surface area contributed by atoms with Gasteiger partial charge in [-0.2, -0.15) is 13.2 Å². The van der Waals surface area contributed by atoms with Crippen LogP contribution in [-0.4, -0.2) is 39.9 Å². The van der Waals surface area contributed by atoms with E-state index in [0.717, 1.165) is 28.4 Å². The molecule has 1 atom stereocenters. The Morgan fingerprint density at radius 2 is 1.86 bits per heavy atom. The van der Waals surface area contributed by atoms with Gasteiger partial charge in [0, 0.05) is 11.8 Å². The molecule has 0 bridgehead atoms. The van der Waals surface area contributed by atoms with E-state index in [0.29, 0.717) is 17.1 Å². The van der Waals surface area contributed by atoms with E-state index in [4.69, 9.17) is 21.1 Å². The summed E-state index contributed by atoms with van der Waals surface area (Å²) in [5, 5.41) is 6.98. The summed E-state index contributed by atoms with van der Waals surface area (Å²) in [4.78, 5) is 12.8. The van der Waals surface area contributed by atoms with Crippen LogP contribution >= 0.6 is 23.4 Å². The number of hydrogen-bond acceptors (Lipinski definition) is 6. The molecule has 0 aliphatic carbocycles. The van der Waals surface area contributed by atoms with Crippen molar-refractivity contribution >= 4 is 34.8 Å². The number of fused-ring (bicyclic) bond motifs is 1. The minimum atomic E-state index is -4.58. The first-order valence-corrected chi connectivity index (χ1v) is 9.45. The lowest BCUT2D eigenvalue weighted by atomic mass is 10.1. The van der Waals surface area contributed by atoms with E-state index in [1.165, 1.54) is 14.2 Å². The third-order valence-corrected chi connectivity index (χ3v) is 5.41. The summed E-state index contributed by atoms with van der Waals surface area (Å²) in [6, 6.07) is 5.52. The highest BCUT2D eigenvalue weighted by molar-refractivity contribution is 8.00. The topological polar surface area (TPSA) is 65.7 Å². The van der Waals surface area contributed by atoms with Gasteiger partial charge < -0.3 is 9.47 Å². The molecule has 2 aromatic heterocycles. The van der Waals surface area contributed by atoms with E-state index in [1.54, 1.807) is 25.1 Å². The number of rotatable bonds is 6. The molecule has 2 heterocycles. The molecular formula is C18H15ClF3N3O3S. The first-order valence-electron chi connectivity index (χ1n) is 8.20. The van der Waals surface area contributed by atoms with Gasteiger partial charge in [0.25, 0.3) is 0 Å². The Morgan fingerprint density at radius 1 is 1.17 bits per heavy atom. The zero-order chi connectivity index (χ0) is 21.3. The molecule has 0 spiro atoms. The maximum atomic E-state index is 13.1. The first kappa shape index (κ1) is 21.3. The van der Waals surface area contributed by atoms with E-state index in [2.05, 4.69) is 10.2 Å². The number of methoxy groups -OCH3 is 2. The Morgan fingerprint density at radius 3 is 2.48 bits per heavy atom. The molecule has 29 heavy (non-hydrogen) atoms. The second-order valence-corrected chi connectivity index (χ2v) is 7.66. The average molecular weight is 446 g/mol. The molecule has 0 aliphatic rings. The van der Waals surface area contributed by atoms with Crippen LogP contribution in [0.1, 0.15) is 22.8 Å². The second-order valence-electron chi connectivity index (χ2n) is 5.94. The number of halogens is 4. The minimum Gasteiger partial charge on any atom is -0.493 e. The molecule has 0 saturated heterocycles. The van der Waals surface area contributed by atoms with Crippen LogP contribution in [0.25, 0.3) is 5.65 Å². The highest BCUT2D eigenvalue weighted by Gasteiger charge is 2.32. The fourth-order valence-electron chi connectivity index (χ4n) is 2.60. The van der Waals surface area contributed by atoms with Gasteiger partial charge in [-0.1, -0.05) is 23.4 Å². The lowest BCUT2D eigenvalue weighted by molar-refractivity contribution is -0.137. The highest BCUT2D eigenvalue weighted by atomic mass is 35.5. The third-order valence-electron chi connectivity index (χ3n) is 4.08. The zero-order valence-corrected chi connectivity index (χ0v) is 17.0. The van der Waals surface area contributed by atoms with Crippen molar-refractivity contribution in [3.8, 4) is 11.5 Å². The lowest BCUT2D eigenvalue weighted by Crippen LogP contribution is -2.14. The van der Waals surface area contributed by atoms with Crippen molar-refractivity contribution in [2.75, 3.05) is 14.2 Å². The van der Waals surface area contributed by atoms with Crippen molar-refractivity contribution < 1.29 is 27.4 Å². The molecule has 1 unspecified atom stereocenters. The van der Waals surface area contributed by atoms with Crippen LogP contribution < -0.4 is 9.47 Å². The number of ketones is 1. The van der Waals surface area contributed by atoms with Crippen molar-refractivity contribution in [3.05, 3.63) is 46.6 Å². The van der Waals surface area contributed by atoms with Crippen LogP contribution in [0.3, 0.4) is 0 Å². The van der Waals surface area contributed by atoms with Gasteiger partial charge in [0.2, 0.25) is 0 Å². The summed E-state index contributed by atoms with van der Waals surface area (Å²) in [5.41, 5.74) is -0.492. The van der Waals surface area contributed by atoms with E-state index < -0.39 is 17.0 Å². The number of carbonyl (C=O) groups is 1. The largest absolute Gasteiger partial charge is 0.493 e. The standard InChI is InChI=1S/C18H15ClF3N3O3S/c1-9(15(26)10-4-5-13(27-2)14(6-10)28-3)29-17-24-23-16-12(19)7-11(8-25(16)17)18(20,21)22/h4-9H,1-3H3. The Kier molecular flexibility index (Phi) is 5.95. The average Bonchev–Trinajstić information content (AvgIpc) is 3.09. The van der Waals surface area contributed by atoms with Gasteiger partial charge in [0.1, 0.15) is 0 Å². The molecule has 3 aromatic rings. The number of hydrogen-bond donors (Lipinski definition) is 0. The van der Waals surface area contributed by atoms with Gasteiger partial charge >= 0.3 is 6.18 Å². The fraction of sp³-hybridized carbons (Fsp3) is 0.278. The van der Waals surface area contributed by atoms with Crippen molar-refractivity contribution in [3.63, 3.8) is 0 Å². The Hall–Kier alpha value is -2.46. The molecule has 154 valence electrons. The number of thioether (sulfide) groups is 1. The lowest BCUT2D eigenvalue weighted by Gasteiger charge is -2.13. The van der Waals surface area contributed by atoms with Gasteiger partial charge in [-0.3, -0.25) is 9.20 Å². The molecule has 0 aliphatic heterocycles. The Balaban J connectivity index is 1.90. The van der Waals surface area contributed by atoms with Gasteiger partial charge in [-0.15, -0.1) is 10.2 Å². The van der Waals surface area contributed by atoms with Crippen LogP contribution in [0, 0.1) is 0 Å². The molecule has 0 radical (unpaired) electrons. The molecule has 6 nitrogen and oxygen atoms in total. The number of aromatic nitrogens is 3. The molecule has 1 aromatic carbocycles. The third kappa shape index (κ3) is 4.27. The minimum absolute atomic E-state index is 0.0768. The summed E-state index contributed by atoms with van der Waals surface area (Å²) in [6.45, 7) is 1.62. The van der Waals surface area contributed by atoms with Crippen LogP contribution in [-0.2, 0) is 6.18 Å². The van der Waals surface area contributed by atoms with Crippen LogP contribution in [0.2, 0.25) is 5.02 Å². The van der Waals surface area contributed by atoms with Crippen molar-refractivity contribution in [1.29, 1.82) is 0 Å². The number of alkyl halides is 3. The van der Waals surface area contributed by atoms with E-state index >= 15 is 0 Å². The number of Topliss-reactive ketones (excluding diaryl/α,β-unsaturated/α-hetero) is 1. The van der Waals surface area contributed by atoms with Gasteiger partial charge in [-0.05, 0) is 31.2 Å². The summed E-state index contributed by atoms with van der Waals surface area (Å²) < 4.78 is 50.7. The van der Waals surface area contributed by atoms with Crippen LogP contribution in [0.4, 0.5) is 13.2 Å². The fourth-order valence-corrected chi connectivity index (χ4v) is 3.75. The summed E-state index contributed by atoms with van der Waals surface area (Å²) in [6.07, 6.45) is -3.72. The SMILES string of the molecule is COc1ccc(C(=O)C(C)Sc2nnc3c(Cl)cc(C(F)(F)F)cn23)cc1OC. The summed E-state index contributed by atoms with van der Waals surface area (Å²) >= 11 is 6.89. The first-order chi connectivity index (χ1) is 13.7. The van der Waals surface area contributed by atoms with Crippen LogP contribution in [0.5, 0.6) is 11.5 Å². The summed E-state index contributed by atoms with van der Waals surface area (Å²) in [5.74, 6) is 0.609. The van der Waals surface area contributed by atoms with Gasteiger partial charge in [0.15, 0.2) is 28.1 Å². The molecular weight excluding hydrogens is 431 g/mol. The van der Waals surface area contributed by atoms with E-state index in [9.17, 15) is 18.0 Å². The van der Waals surface area contributed by atoms with Crippen molar-refractivity contribution in [2.45, 2.75) is 23.5 Å². The smallest absolute Gasteiger partial charge is 0.417 e. The monoisotopic (exact) mass is 445 g/mol. The maximum Gasteiger partial charge on any atom is 0.417 e. The number of benzene rings is 1. The quantitative estimate of drug-likeness (QED) is 0.402. The maximum absolute atomic E-state index is 13.1. The predicted molar refractivity (Wildman–Crippen MR) is 102 cm³/mol. The Bertz CT molecular complexity index is 1070. The molecule has 0 amide bonds. The number of ether oxygens (including phenoxy) is 2. The van der Waals surface area contributed by atoms with Gasteiger partial charge in [0.05, 0.1) is 30.1 Å². The second kappa shape index (κ2) is 8.11. The van der Waals surface area contributed by atoms with Crippen molar-refractivity contribution in [1.82, 2.24) is 14.6 Å². The van der Waals surface area contributed by atoms with Gasteiger partial charge in [-0.25, -0.2) is 0 Å². The molecule has 0 saturated carbocycles. The normalized spacial score (nSPS) is 12.8. The van der Waals surface area contributed by atoms with E-state index in [-0.39, 0.29) is 21.6 Å². The summed E-state index contributed by atoms with van der Waals surface area (Å²) in [7, 11) is 2.93. The molecule has 0 fully saturated rings. The van der Waals surface area contributed by atoms with E-state index in [1.807, 2.05) is 0 Å². The molecule has 3 rings (SSSR count). The molecule has 11 heteroatoms. The number of nitrogens with zero attached hydrogens (tertiary/aromatic N) is 3. The highest BCUT2D eigenvalue weighted by Crippen LogP contribution is 2.35. The van der Waals surface area contributed by atoms with Crippen LogP contribution in [0.15, 0.2) is 35.6 Å². The number of pyridine rings is 1. The number of carbonyl (C=O) groups excluding carboxylic acids is 1. The zero-order valence-electron chi connectivity index (χ0n) is 15.5. The van der Waals surface area contributed by atoms with Crippen molar-refractivity contribution in [2.24, 2.45) is 0 Å². The Labute approximate surface area is 173 Å². The molecule has 0 N–H and O–H groups in total. The predicted octanol–water partition coefficient (Wildman–Crippen LogP) is 4.78.